The van der Waals surface area contributed by atoms with E-state index in [1.54, 1.807) is 38.1 Å². The van der Waals surface area contributed by atoms with Gasteiger partial charge >= 0.3 is 0 Å². The summed E-state index contributed by atoms with van der Waals surface area (Å²) in [5.41, 5.74) is 1.09. The van der Waals surface area contributed by atoms with Gasteiger partial charge in [-0.05, 0) is 43.2 Å². The topological polar surface area (TPSA) is 84.9 Å². The second-order valence-electron chi connectivity index (χ2n) is 7.16. The molecule has 2 atom stereocenters. The van der Waals surface area contributed by atoms with Crippen LogP contribution in [0.1, 0.15) is 18.9 Å². The first-order chi connectivity index (χ1) is 14.2. The summed E-state index contributed by atoms with van der Waals surface area (Å²) in [6.45, 7) is 4.02. The summed E-state index contributed by atoms with van der Waals surface area (Å²) in [5.74, 6) is 0.860. The lowest BCUT2D eigenvalue weighted by atomic mass is 10.1. The van der Waals surface area contributed by atoms with E-state index in [9.17, 15) is 13.2 Å². The van der Waals surface area contributed by atoms with Gasteiger partial charge < -0.3 is 14.8 Å². The third kappa shape index (κ3) is 4.99. The Morgan fingerprint density at radius 3 is 2.63 bits per heavy atom. The smallest absolute Gasteiger partial charge is 0.244 e. The number of halogens is 1. The van der Waals surface area contributed by atoms with Crippen LogP contribution >= 0.6 is 11.6 Å². The highest BCUT2D eigenvalue weighted by Gasteiger charge is 2.33. The number of sulfonamides is 1. The molecule has 2 aromatic carbocycles. The zero-order valence-corrected chi connectivity index (χ0v) is 18.7. The number of nitrogens with zero attached hydrogens (tertiary/aromatic N) is 1. The van der Waals surface area contributed by atoms with Crippen LogP contribution in [-0.4, -0.2) is 45.9 Å². The van der Waals surface area contributed by atoms with Crippen molar-refractivity contribution in [3.63, 3.8) is 0 Å². The Morgan fingerprint density at radius 2 is 1.97 bits per heavy atom. The maximum atomic E-state index is 13.0. The third-order valence-corrected chi connectivity index (χ3v) is 6.21. The Kier molecular flexibility index (Phi) is 6.77. The SMILES string of the molecule is CCC(C(=O)NCC1COc2ccccc2O1)N(c1cc(Cl)ccc1C)S(C)(=O)=O. The molecule has 162 valence electrons. The first kappa shape index (κ1) is 22.2. The van der Waals surface area contributed by atoms with Gasteiger partial charge in [-0.2, -0.15) is 0 Å². The van der Waals surface area contributed by atoms with E-state index < -0.39 is 22.0 Å². The lowest BCUT2D eigenvalue weighted by molar-refractivity contribution is -0.122. The highest BCUT2D eigenvalue weighted by molar-refractivity contribution is 7.92. The van der Waals surface area contributed by atoms with Crippen LogP contribution in [0, 0.1) is 6.92 Å². The largest absolute Gasteiger partial charge is 0.486 e. The van der Waals surface area contributed by atoms with E-state index in [1.807, 2.05) is 18.2 Å². The first-order valence-electron chi connectivity index (χ1n) is 9.62. The minimum Gasteiger partial charge on any atom is -0.486 e. The number of fused-ring (bicyclic) bond motifs is 1. The maximum Gasteiger partial charge on any atom is 0.244 e. The average molecular weight is 453 g/mol. The fourth-order valence-corrected chi connectivity index (χ4v) is 4.78. The number of aryl methyl sites for hydroxylation is 1. The molecule has 1 aliphatic heterocycles. The number of carbonyl (C=O) groups excluding carboxylic acids is 1. The average Bonchev–Trinajstić information content (AvgIpc) is 2.71. The van der Waals surface area contributed by atoms with Crippen molar-refractivity contribution in [3.05, 3.63) is 53.1 Å². The first-order valence-corrected chi connectivity index (χ1v) is 11.8. The Hall–Kier alpha value is -2.45. The molecule has 0 aromatic heterocycles. The van der Waals surface area contributed by atoms with Gasteiger partial charge in [-0.15, -0.1) is 0 Å². The van der Waals surface area contributed by atoms with Crippen molar-refractivity contribution in [2.45, 2.75) is 32.4 Å². The van der Waals surface area contributed by atoms with Crippen LogP contribution in [0.4, 0.5) is 5.69 Å². The quantitative estimate of drug-likeness (QED) is 0.697. The molecule has 0 saturated carbocycles. The summed E-state index contributed by atoms with van der Waals surface area (Å²) in [7, 11) is -3.74. The van der Waals surface area contributed by atoms with E-state index in [1.165, 1.54) is 0 Å². The zero-order chi connectivity index (χ0) is 21.9. The molecular weight excluding hydrogens is 428 g/mol. The summed E-state index contributed by atoms with van der Waals surface area (Å²) >= 11 is 6.09. The normalized spacial score (nSPS) is 16.6. The minimum atomic E-state index is -3.74. The summed E-state index contributed by atoms with van der Waals surface area (Å²) in [6.07, 6.45) is 0.995. The van der Waals surface area contributed by atoms with Crippen LogP contribution in [0.25, 0.3) is 0 Å². The van der Waals surface area contributed by atoms with E-state index in [2.05, 4.69) is 5.32 Å². The standard InChI is InChI=1S/C21H25ClN2O5S/c1-4-17(24(30(3,26)27)18-11-15(22)10-9-14(18)2)21(25)23-12-16-13-28-19-7-5-6-8-20(19)29-16/h5-11,16-17H,4,12-13H2,1-3H3,(H,23,25). The molecule has 7 nitrogen and oxygen atoms in total. The summed E-state index contributed by atoms with van der Waals surface area (Å²) < 4.78 is 37.9. The second-order valence-corrected chi connectivity index (χ2v) is 9.45. The predicted molar refractivity (Wildman–Crippen MR) is 117 cm³/mol. The predicted octanol–water partition coefficient (Wildman–Crippen LogP) is 3.15. The highest BCUT2D eigenvalue weighted by Crippen LogP contribution is 2.31. The van der Waals surface area contributed by atoms with E-state index in [-0.39, 0.29) is 25.7 Å². The van der Waals surface area contributed by atoms with Crippen LogP contribution in [-0.2, 0) is 14.8 Å². The van der Waals surface area contributed by atoms with Crippen LogP contribution in [0.2, 0.25) is 5.02 Å². The Bertz CT molecular complexity index is 1030. The van der Waals surface area contributed by atoms with Crippen molar-refractivity contribution in [3.8, 4) is 11.5 Å². The number of hydrogen-bond donors (Lipinski definition) is 1. The molecular formula is C21H25ClN2O5S. The molecule has 0 fully saturated rings. The second kappa shape index (κ2) is 9.14. The van der Waals surface area contributed by atoms with Crippen molar-refractivity contribution in [1.82, 2.24) is 5.32 Å². The van der Waals surface area contributed by atoms with Crippen molar-refractivity contribution in [1.29, 1.82) is 0 Å². The van der Waals surface area contributed by atoms with Gasteiger partial charge in [0.25, 0.3) is 0 Å². The molecule has 0 radical (unpaired) electrons. The van der Waals surface area contributed by atoms with E-state index in [0.29, 0.717) is 27.8 Å². The van der Waals surface area contributed by atoms with Crippen molar-refractivity contribution in [2.24, 2.45) is 0 Å². The van der Waals surface area contributed by atoms with Crippen LogP contribution < -0.4 is 19.1 Å². The molecule has 1 amide bonds. The van der Waals surface area contributed by atoms with E-state index in [4.69, 9.17) is 21.1 Å². The number of anilines is 1. The van der Waals surface area contributed by atoms with Gasteiger partial charge in [0, 0.05) is 5.02 Å². The number of ether oxygens (including phenoxy) is 2. The molecule has 1 aliphatic rings. The number of para-hydroxylation sites is 2. The molecule has 30 heavy (non-hydrogen) atoms. The van der Waals surface area contributed by atoms with E-state index >= 15 is 0 Å². The Labute approximate surface area is 182 Å². The molecule has 2 aromatic rings. The molecule has 0 aliphatic carbocycles. The summed E-state index contributed by atoms with van der Waals surface area (Å²) in [6, 6.07) is 11.4. The fraction of sp³-hybridized carbons (Fsp3) is 0.381. The minimum absolute atomic E-state index is 0.190. The van der Waals surface area contributed by atoms with Gasteiger partial charge in [0.2, 0.25) is 15.9 Å². The summed E-state index contributed by atoms with van der Waals surface area (Å²) in [5, 5.41) is 3.20. The summed E-state index contributed by atoms with van der Waals surface area (Å²) in [4.78, 5) is 13.0. The van der Waals surface area contributed by atoms with Crippen LogP contribution in [0.15, 0.2) is 42.5 Å². The molecule has 0 saturated heterocycles. The molecule has 0 bridgehead atoms. The Morgan fingerprint density at radius 1 is 1.27 bits per heavy atom. The lowest BCUT2D eigenvalue weighted by Gasteiger charge is -2.32. The number of nitrogens with one attached hydrogen (secondary N) is 1. The zero-order valence-electron chi connectivity index (χ0n) is 17.1. The van der Waals surface area contributed by atoms with Gasteiger partial charge in [0.05, 0.1) is 18.5 Å². The lowest BCUT2D eigenvalue weighted by Crippen LogP contribution is -2.51. The monoisotopic (exact) mass is 452 g/mol. The number of hydrogen-bond acceptors (Lipinski definition) is 5. The van der Waals surface area contributed by atoms with Gasteiger partial charge in [-0.3, -0.25) is 9.10 Å². The van der Waals surface area contributed by atoms with Crippen LogP contribution in [0.3, 0.4) is 0 Å². The number of amides is 1. The fourth-order valence-electron chi connectivity index (χ4n) is 3.35. The molecule has 0 spiro atoms. The Balaban J connectivity index is 1.76. The number of carbonyl (C=O) groups is 1. The van der Waals surface area contributed by atoms with Gasteiger partial charge in [-0.25, -0.2) is 8.42 Å². The van der Waals surface area contributed by atoms with Gasteiger partial charge in [-0.1, -0.05) is 36.7 Å². The molecule has 2 unspecified atom stereocenters. The van der Waals surface area contributed by atoms with Crippen molar-refractivity contribution >= 4 is 33.2 Å². The van der Waals surface area contributed by atoms with Crippen LogP contribution in [0.5, 0.6) is 11.5 Å². The molecule has 9 heteroatoms. The van der Waals surface area contributed by atoms with Gasteiger partial charge in [0.1, 0.15) is 18.8 Å². The van der Waals surface area contributed by atoms with Gasteiger partial charge in [0.15, 0.2) is 11.5 Å². The molecule has 3 rings (SSSR count). The number of rotatable bonds is 7. The maximum absolute atomic E-state index is 13.0. The highest BCUT2D eigenvalue weighted by atomic mass is 35.5. The number of benzene rings is 2. The van der Waals surface area contributed by atoms with Crippen molar-refractivity contribution < 1.29 is 22.7 Å². The molecule has 1 heterocycles. The third-order valence-electron chi connectivity index (χ3n) is 4.81. The molecule has 1 N–H and O–H groups in total. The van der Waals surface area contributed by atoms with E-state index in [0.717, 1.165) is 10.6 Å². The van der Waals surface area contributed by atoms with Crippen molar-refractivity contribution in [2.75, 3.05) is 23.7 Å².